The van der Waals surface area contributed by atoms with Crippen LogP contribution in [0.15, 0.2) is 48.5 Å². The van der Waals surface area contributed by atoms with Crippen LogP contribution in [0.1, 0.15) is 26.3 Å². The summed E-state index contributed by atoms with van der Waals surface area (Å²) in [4.78, 5) is 22.9. The van der Waals surface area contributed by atoms with Crippen LogP contribution in [-0.4, -0.2) is 11.8 Å². The fourth-order valence-electron chi connectivity index (χ4n) is 1.63. The zero-order chi connectivity index (χ0) is 13.7. The van der Waals surface area contributed by atoms with Gasteiger partial charge >= 0.3 is 0 Å². The van der Waals surface area contributed by atoms with Crippen LogP contribution in [0, 0.1) is 6.07 Å². The third-order valence-corrected chi connectivity index (χ3v) is 2.63. The monoisotopic (exact) mass is 253 g/mol. The molecule has 0 saturated heterocycles. The third kappa shape index (κ3) is 3.42. The maximum absolute atomic E-state index is 11.9. The molecule has 2 aromatic carbocycles. The number of benzene rings is 2. The largest absolute Gasteiger partial charge is 0.366 e. The molecule has 2 amide bonds. The summed E-state index contributed by atoms with van der Waals surface area (Å²) in [5, 5.41) is 2.77. The predicted molar refractivity (Wildman–Crippen MR) is 71.4 cm³/mol. The fraction of sp³-hybridized carbons (Fsp3) is 0.0667. The van der Waals surface area contributed by atoms with Gasteiger partial charge in [-0.05, 0) is 29.8 Å². The lowest BCUT2D eigenvalue weighted by Crippen LogP contribution is -2.23. The average molecular weight is 253 g/mol. The van der Waals surface area contributed by atoms with Crippen LogP contribution < -0.4 is 11.1 Å². The maximum atomic E-state index is 11.9. The normalized spacial score (nSPS) is 9.89. The van der Waals surface area contributed by atoms with Crippen LogP contribution in [0.3, 0.4) is 0 Å². The van der Waals surface area contributed by atoms with Crippen molar-refractivity contribution in [2.24, 2.45) is 5.73 Å². The van der Waals surface area contributed by atoms with Gasteiger partial charge in [-0.25, -0.2) is 0 Å². The molecule has 0 unspecified atom stereocenters. The van der Waals surface area contributed by atoms with E-state index in [1.807, 2.05) is 30.3 Å². The highest BCUT2D eigenvalue weighted by molar-refractivity contribution is 5.98. The quantitative estimate of drug-likeness (QED) is 0.867. The van der Waals surface area contributed by atoms with Crippen LogP contribution in [0.4, 0.5) is 0 Å². The minimum Gasteiger partial charge on any atom is -0.366 e. The van der Waals surface area contributed by atoms with Gasteiger partial charge in [-0.2, -0.15) is 0 Å². The van der Waals surface area contributed by atoms with Gasteiger partial charge in [0.15, 0.2) is 0 Å². The van der Waals surface area contributed by atoms with E-state index in [0.717, 1.165) is 5.56 Å². The molecule has 4 nitrogen and oxygen atoms in total. The van der Waals surface area contributed by atoms with Crippen molar-refractivity contribution in [3.63, 3.8) is 0 Å². The van der Waals surface area contributed by atoms with Gasteiger partial charge in [0.05, 0.1) is 0 Å². The molecule has 2 aromatic rings. The lowest BCUT2D eigenvalue weighted by atomic mass is 10.1. The molecule has 0 bridgehead atoms. The summed E-state index contributed by atoms with van der Waals surface area (Å²) in [7, 11) is 0. The van der Waals surface area contributed by atoms with E-state index in [9.17, 15) is 9.59 Å². The molecule has 0 aliphatic carbocycles. The molecular weight excluding hydrogens is 240 g/mol. The number of hydrogen-bond donors (Lipinski definition) is 2. The van der Waals surface area contributed by atoms with Gasteiger partial charge < -0.3 is 11.1 Å². The highest BCUT2D eigenvalue weighted by atomic mass is 16.2. The predicted octanol–water partition coefficient (Wildman–Crippen LogP) is 1.52. The van der Waals surface area contributed by atoms with Crippen LogP contribution in [0.25, 0.3) is 0 Å². The van der Waals surface area contributed by atoms with E-state index in [-0.39, 0.29) is 11.5 Å². The minimum atomic E-state index is -0.575. The number of nitrogens with one attached hydrogen (secondary N) is 1. The SMILES string of the molecule is NC(=O)c1c[c]cc(C(=O)NCc2ccccc2)c1. The van der Waals surface area contributed by atoms with Crippen molar-refractivity contribution in [1.29, 1.82) is 0 Å². The van der Waals surface area contributed by atoms with Gasteiger partial charge in [0.25, 0.3) is 5.91 Å². The third-order valence-electron chi connectivity index (χ3n) is 2.63. The molecule has 0 atom stereocenters. The number of carbonyl (C=O) groups excluding carboxylic acids is 2. The first-order valence-electron chi connectivity index (χ1n) is 5.80. The smallest absolute Gasteiger partial charge is 0.251 e. The summed E-state index contributed by atoms with van der Waals surface area (Å²) in [5.74, 6) is -0.836. The van der Waals surface area contributed by atoms with E-state index >= 15 is 0 Å². The van der Waals surface area contributed by atoms with Crippen molar-refractivity contribution in [1.82, 2.24) is 5.32 Å². The van der Waals surface area contributed by atoms with Crippen molar-refractivity contribution in [3.8, 4) is 0 Å². The van der Waals surface area contributed by atoms with Crippen LogP contribution >= 0.6 is 0 Å². The van der Waals surface area contributed by atoms with Crippen LogP contribution in [0.5, 0.6) is 0 Å². The van der Waals surface area contributed by atoms with Gasteiger partial charge in [0, 0.05) is 17.7 Å². The standard InChI is InChI=1S/C15H13N2O2/c16-14(18)12-7-4-8-13(9-12)15(19)17-10-11-5-2-1-3-6-11/h1-3,5-9H,10H2,(H2,16,18)(H,17,19). The molecule has 95 valence electrons. The number of amides is 2. The van der Waals surface area contributed by atoms with Crippen molar-refractivity contribution < 1.29 is 9.59 Å². The van der Waals surface area contributed by atoms with Gasteiger partial charge in [0.1, 0.15) is 0 Å². The van der Waals surface area contributed by atoms with E-state index in [2.05, 4.69) is 11.4 Å². The number of hydrogen-bond acceptors (Lipinski definition) is 2. The molecule has 0 spiro atoms. The Kier molecular flexibility index (Phi) is 3.93. The van der Waals surface area contributed by atoms with Crippen molar-refractivity contribution in [2.45, 2.75) is 6.54 Å². The molecule has 0 aliphatic heterocycles. The Hall–Kier alpha value is -2.62. The first-order valence-corrected chi connectivity index (χ1v) is 5.80. The summed E-state index contributed by atoms with van der Waals surface area (Å²) in [6, 6.07) is 16.7. The second-order valence-corrected chi connectivity index (χ2v) is 4.04. The zero-order valence-electron chi connectivity index (χ0n) is 10.2. The first kappa shape index (κ1) is 12.8. The Labute approximate surface area is 111 Å². The lowest BCUT2D eigenvalue weighted by molar-refractivity contribution is 0.0951. The highest BCUT2D eigenvalue weighted by Crippen LogP contribution is 2.05. The molecule has 0 saturated carbocycles. The van der Waals surface area contributed by atoms with Crippen molar-refractivity contribution >= 4 is 11.8 Å². The molecular formula is C15H13N2O2. The van der Waals surface area contributed by atoms with E-state index < -0.39 is 5.91 Å². The van der Waals surface area contributed by atoms with E-state index in [1.54, 1.807) is 0 Å². The summed E-state index contributed by atoms with van der Waals surface area (Å²) in [6.07, 6.45) is 0. The Morgan fingerprint density at radius 3 is 2.47 bits per heavy atom. The summed E-state index contributed by atoms with van der Waals surface area (Å²) < 4.78 is 0. The first-order chi connectivity index (χ1) is 9.16. The number of primary amides is 1. The van der Waals surface area contributed by atoms with Crippen LogP contribution in [0.2, 0.25) is 0 Å². The molecule has 4 heteroatoms. The Bertz CT molecular complexity index is 594. The molecule has 0 aliphatic rings. The minimum absolute atomic E-state index is 0.261. The molecule has 19 heavy (non-hydrogen) atoms. The Morgan fingerprint density at radius 2 is 1.79 bits per heavy atom. The molecule has 0 heterocycles. The van der Waals surface area contributed by atoms with Gasteiger partial charge in [-0.15, -0.1) is 0 Å². The molecule has 2 rings (SSSR count). The molecule has 0 aromatic heterocycles. The molecule has 3 N–H and O–H groups in total. The van der Waals surface area contributed by atoms with E-state index in [4.69, 9.17) is 5.73 Å². The molecule has 1 radical (unpaired) electrons. The van der Waals surface area contributed by atoms with Gasteiger partial charge in [-0.1, -0.05) is 30.3 Å². The van der Waals surface area contributed by atoms with Crippen LogP contribution in [-0.2, 0) is 6.54 Å². The summed E-state index contributed by atoms with van der Waals surface area (Å²) in [5.41, 5.74) is 6.80. The van der Waals surface area contributed by atoms with E-state index in [0.29, 0.717) is 12.1 Å². The van der Waals surface area contributed by atoms with Crippen molar-refractivity contribution in [3.05, 3.63) is 71.3 Å². The average Bonchev–Trinajstić information content (AvgIpc) is 2.46. The Morgan fingerprint density at radius 1 is 1.11 bits per heavy atom. The Balaban J connectivity index is 2.04. The highest BCUT2D eigenvalue weighted by Gasteiger charge is 2.08. The number of rotatable bonds is 4. The topological polar surface area (TPSA) is 72.2 Å². The lowest BCUT2D eigenvalue weighted by Gasteiger charge is -2.06. The zero-order valence-corrected chi connectivity index (χ0v) is 10.2. The number of nitrogens with two attached hydrogens (primary N) is 1. The second kappa shape index (κ2) is 5.82. The maximum Gasteiger partial charge on any atom is 0.251 e. The fourth-order valence-corrected chi connectivity index (χ4v) is 1.63. The molecule has 0 fully saturated rings. The van der Waals surface area contributed by atoms with Gasteiger partial charge in [-0.3, -0.25) is 9.59 Å². The van der Waals surface area contributed by atoms with E-state index in [1.165, 1.54) is 18.2 Å². The van der Waals surface area contributed by atoms with Crippen molar-refractivity contribution in [2.75, 3.05) is 0 Å². The van der Waals surface area contributed by atoms with Gasteiger partial charge in [0.2, 0.25) is 5.91 Å². The number of carbonyl (C=O) groups is 2. The summed E-state index contributed by atoms with van der Waals surface area (Å²) >= 11 is 0. The summed E-state index contributed by atoms with van der Waals surface area (Å²) in [6.45, 7) is 0.431. The second-order valence-electron chi connectivity index (χ2n) is 4.04.